The fourth-order valence-corrected chi connectivity index (χ4v) is 2.87. The summed E-state index contributed by atoms with van der Waals surface area (Å²) in [5.41, 5.74) is 6.43. The highest BCUT2D eigenvalue weighted by Gasteiger charge is 2.30. The number of rotatable bonds is 2. The molecular weight excluding hydrogens is 398 g/mol. The maximum atomic E-state index is 13.0. The van der Waals surface area contributed by atoms with E-state index in [2.05, 4.69) is 4.98 Å². The Bertz CT molecular complexity index is 1070. The van der Waals surface area contributed by atoms with E-state index in [1.54, 1.807) is 18.2 Å². The molecule has 0 aliphatic carbocycles. The number of nitrogens with zero attached hydrogens (tertiary/aromatic N) is 2. The lowest BCUT2D eigenvalue weighted by molar-refractivity contribution is -0.137. The fraction of sp³-hybridized carbons (Fsp3) is 0.0526. The second-order valence-electron chi connectivity index (χ2n) is 5.63. The van der Waals surface area contributed by atoms with Crippen LogP contribution in [0, 0.1) is 11.3 Å². The van der Waals surface area contributed by atoms with Crippen LogP contribution in [0.5, 0.6) is 0 Å². The molecular formula is C19H10Cl2F3N3. The molecule has 0 aliphatic heterocycles. The first-order chi connectivity index (χ1) is 12.7. The Morgan fingerprint density at radius 2 is 1.70 bits per heavy atom. The summed E-state index contributed by atoms with van der Waals surface area (Å²) in [5, 5.41) is 10.0. The van der Waals surface area contributed by atoms with E-state index in [-0.39, 0.29) is 22.5 Å². The predicted octanol–water partition coefficient (Wildman–Crippen LogP) is 6.20. The van der Waals surface area contributed by atoms with Crippen LogP contribution in [0.2, 0.25) is 10.0 Å². The van der Waals surface area contributed by atoms with E-state index in [9.17, 15) is 18.4 Å². The number of halogens is 5. The summed E-state index contributed by atoms with van der Waals surface area (Å²) < 4.78 is 39.1. The van der Waals surface area contributed by atoms with Gasteiger partial charge in [-0.2, -0.15) is 18.4 Å². The second-order valence-corrected chi connectivity index (χ2v) is 6.45. The molecule has 3 aromatic rings. The molecule has 136 valence electrons. The third-order valence-electron chi connectivity index (χ3n) is 3.88. The maximum Gasteiger partial charge on any atom is 0.416 e. The zero-order valence-electron chi connectivity index (χ0n) is 13.5. The van der Waals surface area contributed by atoms with E-state index in [1.807, 2.05) is 6.07 Å². The molecule has 8 heteroatoms. The minimum Gasteiger partial charge on any atom is -0.383 e. The molecule has 0 unspecified atom stereocenters. The maximum absolute atomic E-state index is 13.0. The largest absolute Gasteiger partial charge is 0.416 e. The average molecular weight is 408 g/mol. The van der Waals surface area contributed by atoms with Crippen molar-refractivity contribution in [3.05, 3.63) is 69.7 Å². The summed E-state index contributed by atoms with van der Waals surface area (Å²) in [5.74, 6) is -0.0894. The Morgan fingerprint density at radius 1 is 0.963 bits per heavy atom. The molecule has 0 atom stereocenters. The van der Waals surface area contributed by atoms with E-state index in [0.717, 1.165) is 12.1 Å². The first-order valence-electron chi connectivity index (χ1n) is 7.54. The molecule has 1 heterocycles. The molecule has 0 spiro atoms. The van der Waals surface area contributed by atoms with Gasteiger partial charge in [0, 0.05) is 11.1 Å². The molecule has 0 radical (unpaired) electrons. The van der Waals surface area contributed by atoms with Crippen LogP contribution in [0.3, 0.4) is 0 Å². The standard InChI is InChI=1S/C19H10Cl2F3N3/c20-15-5-4-11(7-16(15)21)17-8-13(14(9-25)18(26)27-17)10-2-1-3-12(6-10)19(22,23)24/h1-8H,(H2,26,27). The number of aromatic nitrogens is 1. The summed E-state index contributed by atoms with van der Waals surface area (Å²) in [6.45, 7) is 0. The second kappa shape index (κ2) is 7.10. The summed E-state index contributed by atoms with van der Waals surface area (Å²) in [7, 11) is 0. The van der Waals surface area contributed by atoms with Crippen LogP contribution in [-0.4, -0.2) is 4.98 Å². The van der Waals surface area contributed by atoms with Gasteiger partial charge in [-0.15, -0.1) is 0 Å². The van der Waals surface area contributed by atoms with Crippen LogP contribution in [0.15, 0.2) is 48.5 Å². The summed E-state index contributed by atoms with van der Waals surface area (Å²) >= 11 is 11.9. The topological polar surface area (TPSA) is 62.7 Å². The van der Waals surface area contributed by atoms with Crippen molar-refractivity contribution in [2.45, 2.75) is 6.18 Å². The van der Waals surface area contributed by atoms with Gasteiger partial charge in [-0.3, -0.25) is 0 Å². The van der Waals surface area contributed by atoms with E-state index in [0.29, 0.717) is 21.3 Å². The van der Waals surface area contributed by atoms with E-state index in [1.165, 1.54) is 18.2 Å². The number of hydrogen-bond donors (Lipinski definition) is 1. The number of hydrogen-bond acceptors (Lipinski definition) is 3. The molecule has 1 aromatic heterocycles. The normalized spacial score (nSPS) is 11.3. The SMILES string of the molecule is N#Cc1c(-c2cccc(C(F)(F)F)c2)cc(-c2ccc(Cl)c(Cl)c2)nc1N. The van der Waals surface area contributed by atoms with Crippen molar-refractivity contribution in [2.75, 3.05) is 5.73 Å². The molecule has 2 N–H and O–H groups in total. The predicted molar refractivity (Wildman–Crippen MR) is 99.3 cm³/mol. The van der Waals surface area contributed by atoms with Crippen molar-refractivity contribution in [3.63, 3.8) is 0 Å². The Hall–Kier alpha value is -2.75. The van der Waals surface area contributed by atoms with E-state index in [4.69, 9.17) is 28.9 Å². The molecule has 27 heavy (non-hydrogen) atoms. The van der Waals surface area contributed by atoms with Crippen LogP contribution in [0.1, 0.15) is 11.1 Å². The molecule has 0 aliphatic rings. The molecule has 0 bridgehead atoms. The number of benzene rings is 2. The molecule has 0 amide bonds. The van der Waals surface area contributed by atoms with Crippen LogP contribution < -0.4 is 5.73 Å². The van der Waals surface area contributed by atoms with Crippen molar-refractivity contribution in [3.8, 4) is 28.5 Å². The highest BCUT2D eigenvalue weighted by molar-refractivity contribution is 6.42. The number of anilines is 1. The molecule has 0 saturated heterocycles. The van der Waals surface area contributed by atoms with Gasteiger partial charge in [-0.05, 0) is 35.9 Å². The van der Waals surface area contributed by atoms with Gasteiger partial charge in [-0.25, -0.2) is 4.98 Å². The quantitative estimate of drug-likeness (QED) is 0.550. The number of pyridine rings is 1. The lowest BCUT2D eigenvalue weighted by Gasteiger charge is -2.13. The van der Waals surface area contributed by atoms with Crippen molar-refractivity contribution < 1.29 is 13.2 Å². The highest BCUT2D eigenvalue weighted by atomic mass is 35.5. The van der Waals surface area contributed by atoms with Crippen molar-refractivity contribution >= 4 is 29.0 Å². The van der Waals surface area contributed by atoms with Gasteiger partial charge in [0.25, 0.3) is 0 Å². The molecule has 3 rings (SSSR count). The van der Waals surface area contributed by atoms with Gasteiger partial charge in [0.1, 0.15) is 17.5 Å². The van der Waals surface area contributed by atoms with Gasteiger partial charge in [0.2, 0.25) is 0 Å². The number of nitrogens with two attached hydrogens (primary N) is 1. The van der Waals surface area contributed by atoms with E-state index < -0.39 is 11.7 Å². The van der Waals surface area contributed by atoms with Gasteiger partial charge < -0.3 is 5.73 Å². The van der Waals surface area contributed by atoms with Crippen LogP contribution >= 0.6 is 23.2 Å². The molecule has 0 fully saturated rings. The van der Waals surface area contributed by atoms with Gasteiger partial charge in [0.15, 0.2) is 0 Å². The number of alkyl halides is 3. The third kappa shape index (κ3) is 3.85. The highest BCUT2D eigenvalue weighted by Crippen LogP contribution is 2.36. The Balaban J connectivity index is 2.22. The Kier molecular flexibility index (Phi) is 5.01. The zero-order chi connectivity index (χ0) is 19.8. The number of nitrogen functional groups attached to an aromatic ring is 1. The third-order valence-corrected chi connectivity index (χ3v) is 4.61. The van der Waals surface area contributed by atoms with Gasteiger partial charge in [-0.1, -0.05) is 41.4 Å². The van der Waals surface area contributed by atoms with Crippen molar-refractivity contribution in [2.24, 2.45) is 0 Å². The zero-order valence-corrected chi connectivity index (χ0v) is 15.0. The summed E-state index contributed by atoms with van der Waals surface area (Å²) in [6.07, 6.45) is -4.51. The van der Waals surface area contributed by atoms with Gasteiger partial charge >= 0.3 is 6.18 Å². The average Bonchev–Trinajstić information content (AvgIpc) is 2.62. The minimum absolute atomic E-state index is 0.00173. The van der Waals surface area contributed by atoms with Gasteiger partial charge in [0.05, 0.1) is 21.3 Å². The summed E-state index contributed by atoms with van der Waals surface area (Å²) in [4.78, 5) is 4.17. The molecule has 2 aromatic carbocycles. The minimum atomic E-state index is -4.51. The lowest BCUT2D eigenvalue weighted by atomic mass is 9.97. The van der Waals surface area contributed by atoms with Crippen molar-refractivity contribution in [1.82, 2.24) is 4.98 Å². The molecule has 0 saturated carbocycles. The summed E-state index contributed by atoms with van der Waals surface area (Å²) in [6, 6.07) is 12.9. The van der Waals surface area contributed by atoms with Crippen LogP contribution in [-0.2, 0) is 6.18 Å². The first kappa shape index (κ1) is 19.0. The Labute approximate surface area is 162 Å². The lowest BCUT2D eigenvalue weighted by Crippen LogP contribution is -2.05. The number of nitriles is 1. The van der Waals surface area contributed by atoms with Crippen LogP contribution in [0.4, 0.5) is 19.0 Å². The monoisotopic (exact) mass is 407 g/mol. The van der Waals surface area contributed by atoms with Crippen LogP contribution in [0.25, 0.3) is 22.4 Å². The fourth-order valence-electron chi connectivity index (χ4n) is 2.58. The van der Waals surface area contributed by atoms with E-state index >= 15 is 0 Å². The molecule has 3 nitrogen and oxygen atoms in total. The van der Waals surface area contributed by atoms with Crippen molar-refractivity contribution in [1.29, 1.82) is 5.26 Å². The smallest absolute Gasteiger partial charge is 0.383 e. The Morgan fingerprint density at radius 3 is 2.33 bits per heavy atom. The first-order valence-corrected chi connectivity index (χ1v) is 8.30.